The average Bonchev–Trinajstić information content (AvgIpc) is 2.94. The molecule has 6 heteroatoms. The topological polar surface area (TPSA) is 41.9 Å². The molecule has 1 heterocycles. The van der Waals surface area contributed by atoms with Crippen LogP contribution in [0.4, 0.5) is 5.69 Å². The summed E-state index contributed by atoms with van der Waals surface area (Å²) in [7, 11) is 1.65. The van der Waals surface area contributed by atoms with Gasteiger partial charge in [0, 0.05) is 30.4 Å². The molecule has 0 radical (unpaired) electrons. The molecule has 130 valence electrons. The Morgan fingerprint density at radius 1 is 1.29 bits per heavy atom. The molecule has 0 spiro atoms. The van der Waals surface area contributed by atoms with E-state index in [9.17, 15) is 4.79 Å². The van der Waals surface area contributed by atoms with Crippen molar-refractivity contribution in [1.82, 2.24) is 0 Å². The number of carbonyl (C=O) groups is 1. The van der Waals surface area contributed by atoms with E-state index in [1.54, 1.807) is 18.9 Å². The molecule has 1 aromatic carbocycles. The van der Waals surface area contributed by atoms with Gasteiger partial charge < -0.3 is 9.64 Å². The molecule has 0 aromatic heterocycles. The van der Waals surface area contributed by atoms with Crippen LogP contribution in [0.25, 0.3) is 6.08 Å². The molecule has 0 aliphatic carbocycles. The van der Waals surface area contributed by atoms with E-state index in [-0.39, 0.29) is 5.12 Å². The van der Waals surface area contributed by atoms with Crippen LogP contribution in [-0.4, -0.2) is 35.4 Å². The second-order valence-corrected chi connectivity index (χ2v) is 7.55. The standard InChI is InChI=1S/C18H24N2O2S2/c1-5-10-23-18-19-15(17(21)24-18)11-13-8-9-14(12-16(13)22-4)20(6-2)7-3/h8-9,11-12H,5-7,10H2,1-4H3. The molecule has 0 amide bonds. The number of hydrogen-bond donors (Lipinski definition) is 0. The normalized spacial score (nSPS) is 15.8. The van der Waals surface area contributed by atoms with Crippen LogP contribution < -0.4 is 9.64 Å². The zero-order chi connectivity index (χ0) is 17.5. The maximum atomic E-state index is 12.1. The maximum Gasteiger partial charge on any atom is 0.244 e. The molecule has 0 saturated heterocycles. The van der Waals surface area contributed by atoms with Crippen LogP contribution in [0.15, 0.2) is 28.9 Å². The number of nitrogens with zero attached hydrogens (tertiary/aromatic N) is 2. The summed E-state index contributed by atoms with van der Waals surface area (Å²) in [6.07, 6.45) is 2.89. The average molecular weight is 365 g/mol. The van der Waals surface area contributed by atoms with E-state index in [4.69, 9.17) is 4.74 Å². The Labute approximate surface area is 152 Å². The lowest BCUT2D eigenvalue weighted by molar-refractivity contribution is -0.107. The van der Waals surface area contributed by atoms with Crippen LogP contribution in [-0.2, 0) is 4.79 Å². The number of hydrogen-bond acceptors (Lipinski definition) is 6. The second-order valence-electron chi connectivity index (χ2n) is 5.24. The SMILES string of the molecule is CCCSC1=NC(=Cc2ccc(N(CC)CC)cc2OC)C(=O)S1. The van der Waals surface area contributed by atoms with Gasteiger partial charge in [-0.15, -0.1) is 0 Å². The Hall–Kier alpha value is -1.40. The van der Waals surface area contributed by atoms with Crippen molar-refractivity contribution in [1.29, 1.82) is 0 Å². The van der Waals surface area contributed by atoms with Crippen molar-refractivity contribution in [3.8, 4) is 5.75 Å². The number of anilines is 1. The van der Waals surface area contributed by atoms with Crippen LogP contribution in [0.5, 0.6) is 5.75 Å². The Balaban J connectivity index is 2.28. The smallest absolute Gasteiger partial charge is 0.244 e. The van der Waals surface area contributed by atoms with Crippen molar-refractivity contribution < 1.29 is 9.53 Å². The molecule has 0 fully saturated rings. The maximum absolute atomic E-state index is 12.1. The molecular weight excluding hydrogens is 340 g/mol. The highest BCUT2D eigenvalue weighted by Crippen LogP contribution is 2.33. The van der Waals surface area contributed by atoms with E-state index in [0.29, 0.717) is 5.70 Å². The van der Waals surface area contributed by atoms with Gasteiger partial charge in [0.2, 0.25) is 5.12 Å². The zero-order valence-corrected chi connectivity index (χ0v) is 16.3. The fraction of sp³-hybridized carbons (Fsp3) is 0.444. The van der Waals surface area contributed by atoms with Crippen molar-refractivity contribution in [2.45, 2.75) is 27.2 Å². The van der Waals surface area contributed by atoms with Crippen molar-refractivity contribution >= 4 is 44.8 Å². The lowest BCUT2D eigenvalue weighted by atomic mass is 10.1. The van der Waals surface area contributed by atoms with E-state index < -0.39 is 0 Å². The largest absolute Gasteiger partial charge is 0.496 e. The fourth-order valence-corrected chi connectivity index (χ4v) is 4.16. The Kier molecular flexibility index (Phi) is 7.24. The van der Waals surface area contributed by atoms with Crippen molar-refractivity contribution in [2.24, 2.45) is 4.99 Å². The number of carbonyl (C=O) groups excluding carboxylic acids is 1. The van der Waals surface area contributed by atoms with E-state index in [1.165, 1.54) is 11.8 Å². The Morgan fingerprint density at radius 2 is 2.04 bits per heavy atom. The minimum Gasteiger partial charge on any atom is -0.496 e. The molecule has 0 saturated carbocycles. The molecule has 24 heavy (non-hydrogen) atoms. The zero-order valence-electron chi connectivity index (χ0n) is 14.7. The third kappa shape index (κ3) is 4.57. The lowest BCUT2D eigenvalue weighted by Gasteiger charge is -2.22. The van der Waals surface area contributed by atoms with Crippen LogP contribution in [0.1, 0.15) is 32.8 Å². The Morgan fingerprint density at radius 3 is 2.67 bits per heavy atom. The molecule has 4 nitrogen and oxygen atoms in total. The van der Waals surface area contributed by atoms with Crippen molar-refractivity contribution in [2.75, 3.05) is 30.9 Å². The van der Waals surface area contributed by atoms with Gasteiger partial charge in [0.05, 0.1) is 7.11 Å². The molecule has 1 aromatic rings. The first-order chi connectivity index (χ1) is 11.6. The van der Waals surface area contributed by atoms with E-state index in [1.807, 2.05) is 18.2 Å². The Bertz CT molecular complexity index is 652. The van der Waals surface area contributed by atoms with E-state index >= 15 is 0 Å². The summed E-state index contributed by atoms with van der Waals surface area (Å²) in [6, 6.07) is 6.07. The number of ether oxygens (including phenoxy) is 1. The molecule has 2 rings (SSSR count). The summed E-state index contributed by atoms with van der Waals surface area (Å²) in [5, 5.41) is 0.00322. The summed E-state index contributed by atoms with van der Waals surface area (Å²) in [5.41, 5.74) is 2.49. The van der Waals surface area contributed by atoms with Crippen LogP contribution in [0.3, 0.4) is 0 Å². The minimum atomic E-state index is 0.00322. The van der Waals surface area contributed by atoms with Crippen LogP contribution >= 0.6 is 23.5 Å². The summed E-state index contributed by atoms with van der Waals surface area (Å²) >= 11 is 2.86. The summed E-state index contributed by atoms with van der Waals surface area (Å²) in [4.78, 5) is 18.9. The van der Waals surface area contributed by atoms with Crippen molar-refractivity contribution in [3.05, 3.63) is 29.5 Å². The van der Waals surface area contributed by atoms with Gasteiger partial charge >= 0.3 is 0 Å². The predicted octanol–water partition coefficient (Wildman–Crippen LogP) is 4.65. The van der Waals surface area contributed by atoms with E-state index in [0.717, 1.165) is 46.6 Å². The van der Waals surface area contributed by atoms with Crippen LogP contribution in [0, 0.1) is 0 Å². The number of benzene rings is 1. The predicted molar refractivity (Wildman–Crippen MR) is 107 cm³/mol. The molecule has 0 N–H and O–H groups in total. The highest BCUT2D eigenvalue weighted by atomic mass is 32.2. The van der Waals surface area contributed by atoms with Crippen molar-refractivity contribution in [3.63, 3.8) is 0 Å². The van der Waals surface area contributed by atoms with Gasteiger partial charge in [-0.3, -0.25) is 4.79 Å². The highest BCUT2D eigenvalue weighted by Gasteiger charge is 2.22. The fourth-order valence-electron chi connectivity index (χ4n) is 2.39. The van der Waals surface area contributed by atoms with Gasteiger partial charge in [-0.05, 0) is 56.0 Å². The first-order valence-corrected chi connectivity index (χ1v) is 10.0. The second kappa shape index (κ2) is 9.18. The summed E-state index contributed by atoms with van der Waals surface area (Å²) in [6.45, 7) is 8.26. The van der Waals surface area contributed by atoms with Gasteiger partial charge in [-0.25, -0.2) is 4.99 Å². The summed E-state index contributed by atoms with van der Waals surface area (Å²) < 4.78 is 6.36. The molecule has 0 unspecified atom stereocenters. The van der Waals surface area contributed by atoms with Gasteiger partial charge in [0.25, 0.3) is 0 Å². The number of rotatable bonds is 7. The van der Waals surface area contributed by atoms with Gasteiger partial charge in [0.1, 0.15) is 15.8 Å². The number of thioether (sulfide) groups is 2. The minimum absolute atomic E-state index is 0.00322. The molecule has 1 aliphatic heterocycles. The third-order valence-electron chi connectivity index (χ3n) is 3.67. The number of aliphatic imine (C=N–C) groups is 1. The first kappa shape index (κ1) is 18.9. The monoisotopic (exact) mass is 364 g/mol. The highest BCUT2D eigenvalue weighted by molar-refractivity contribution is 8.45. The molecule has 0 atom stereocenters. The van der Waals surface area contributed by atoms with Gasteiger partial charge in [0.15, 0.2) is 0 Å². The molecular formula is C18H24N2O2S2. The van der Waals surface area contributed by atoms with Gasteiger partial charge in [-0.2, -0.15) is 0 Å². The van der Waals surface area contributed by atoms with Gasteiger partial charge in [-0.1, -0.05) is 18.7 Å². The lowest BCUT2D eigenvalue weighted by Crippen LogP contribution is -2.21. The third-order valence-corrected chi connectivity index (χ3v) is 5.88. The molecule has 1 aliphatic rings. The number of methoxy groups -OCH3 is 1. The summed E-state index contributed by atoms with van der Waals surface area (Å²) in [5.74, 6) is 1.74. The van der Waals surface area contributed by atoms with Crippen LogP contribution in [0.2, 0.25) is 0 Å². The van der Waals surface area contributed by atoms with E-state index in [2.05, 4.69) is 36.7 Å². The first-order valence-electron chi connectivity index (χ1n) is 8.21. The molecule has 0 bridgehead atoms. The quantitative estimate of drug-likeness (QED) is 0.659.